The normalized spacial score (nSPS) is 14.7. The zero-order valence-electron chi connectivity index (χ0n) is 5.93. The molecule has 12 heavy (non-hydrogen) atoms. The van der Waals surface area contributed by atoms with Gasteiger partial charge < -0.3 is 11.5 Å². The van der Waals surface area contributed by atoms with Crippen molar-refractivity contribution in [2.45, 2.75) is 12.2 Å². The summed E-state index contributed by atoms with van der Waals surface area (Å²) in [7, 11) is 0. The van der Waals surface area contributed by atoms with Crippen molar-refractivity contribution in [3.8, 4) is 0 Å². The summed E-state index contributed by atoms with van der Waals surface area (Å²) >= 11 is 0.915. The van der Waals surface area contributed by atoms with Gasteiger partial charge in [0.1, 0.15) is 6.04 Å². The van der Waals surface area contributed by atoms with Gasteiger partial charge in [0.25, 0.3) is 0 Å². The van der Waals surface area contributed by atoms with Crippen molar-refractivity contribution < 1.29 is 13.2 Å². The number of hydrogen-bond donors (Lipinski definition) is 2. The van der Waals surface area contributed by atoms with E-state index in [2.05, 4.69) is 0 Å². The number of halogens is 3. The molecule has 0 spiro atoms. The van der Waals surface area contributed by atoms with Crippen LogP contribution in [0.25, 0.3) is 0 Å². The molecule has 0 bridgehead atoms. The van der Waals surface area contributed by atoms with Crippen LogP contribution in [-0.4, -0.2) is 6.18 Å². The Morgan fingerprint density at radius 1 is 1.42 bits per heavy atom. The fourth-order valence-corrected chi connectivity index (χ4v) is 1.58. The number of nitrogens with two attached hydrogens (primary N) is 2. The predicted octanol–water partition coefficient (Wildman–Crippen LogP) is 1.89. The molecule has 6 heteroatoms. The third kappa shape index (κ3) is 1.70. The van der Waals surface area contributed by atoms with E-state index in [-0.39, 0.29) is 10.6 Å². The summed E-state index contributed by atoms with van der Waals surface area (Å²) in [5.41, 5.74) is 10.3. The number of anilines is 1. The summed E-state index contributed by atoms with van der Waals surface area (Å²) in [6.07, 6.45) is -4.42. The van der Waals surface area contributed by atoms with Crippen LogP contribution in [0, 0.1) is 0 Å². The van der Waals surface area contributed by atoms with Crippen LogP contribution in [0.3, 0.4) is 0 Å². The van der Waals surface area contributed by atoms with E-state index in [0.717, 1.165) is 11.3 Å². The van der Waals surface area contributed by atoms with Crippen LogP contribution in [-0.2, 0) is 0 Å². The molecule has 0 radical (unpaired) electrons. The second kappa shape index (κ2) is 2.95. The Balaban J connectivity index is 2.92. The largest absolute Gasteiger partial charge is 0.408 e. The Morgan fingerprint density at radius 3 is 2.33 bits per heavy atom. The molecule has 4 N–H and O–H groups in total. The van der Waals surface area contributed by atoms with Crippen molar-refractivity contribution in [2.24, 2.45) is 5.73 Å². The molecule has 1 unspecified atom stereocenters. The van der Waals surface area contributed by atoms with Crippen molar-refractivity contribution >= 4 is 17.0 Å². The highest BCUT2D eigenvalue weighted by molar-refractivity contribution is 7.10. The van der Waals surface area contributed by atoms with E-state index in [0.29, 0.717) is 0 Å². The predicted molar refractivity (Wildman–Crippen MR) is 41.7 cm³/mol. The van der Waals surface area contributed by atoms with Crippen LogP contribution in [0.5, 0.6) is 0 Å². The average molecular weight is 196 g/mol. The van der Waals surface area contributed by atoms with Crippen LogP contribution >= 0.6 is 11.3 Å². The van der Waals surface area contributed by atoms with Crippen molar-refractivity contribution in [2.75, 3.05) is 5.73 Å². The highest BCUT2D eigenvalue weighted by Gasteiger charge is 2.39. The van der Waals surface area contributed by atoms with Crippen molar-refractivity contribution in [3.63, 3.8) is 0 Å². The summed E-state index contributed by atoms with van der Waals surface area (Å²) in [5, 5.41) is 1.48. The molecule has 68 valence electrons. The summed E-state index contributed by atoms with van der Waals surface area (Å²) in [6, 6.07) is -0.552. The first-order chi connectivity index (χ1) is 5.43. The lowest BCUT2D eigenvalue weighted by molar-refractivity contribution is -0.148. The standard InChI is InChI=1S/C6H7F3N2S/c7-6(8,9)5(11)4-3(10)1-2-12-4/h1-2,5H,10-11H2. The second-order valence-electron chi connectivity index (χ2n) is 2.26. The van der Waals surface area contributed by atoms with E-state index in [4.69, 9.17) is 11.5 Å². The van der Waals surface area contributed by atoms with Crippen molar-refractivity contribution in [1.29, 1.82) is 0 Å². The minimum Gasteiger partial charge on any atom is -0.398 e. The van der Waals surface area contributed by atoms with Crippen molar-refractivity contribution in [1.82, 2.24) is 0 Å². The first-order valence-electron chi connectivity index (χ1n) is 3.08. The number of hydrogen-bond acceptors (Lipinski definition) is 3. The lowest BCUT2D eigenvalue weighted by Gasteiger charge is -2.14. The lowest BCUT2D eigenvalue weighted by Crippen LogP contribution is -2.28. The molecule has 2 nitrogen and oxygen atoms in total. The molecule has 1 rings (SSSR count). The average Bonchev–Trinajstić information content (AvgIpc) is 2.31. The minimum atomic E-state index is -4.42. The highest BCUT2D eigenvalue weighted by Crippen LogP contribution is 2.36. The molecule has 0 aliphatic heterocycles. The molecule has 0 saturated carbocycles. The van der Waals surface area contributed by atoms with E-state index >= 15 is 0 Å². The number of thiophene rings is 1. The summed E-state index contributed by atoms with van der Waals surface area (Å²) < 4.78 is 36.1. The minimum absolute atomic E-state index is 0.0255. The molecule has 0 aliphatic carbocycles. The Labute approximate surface area is 71.0 Å². The molecule has 1 aromatic heterocycles. The third-order valence-electron chi connectivity index (χ3n) is 1.36. The zero-order chi connectivity index (χ0) is 9.35. The molecular weight excluding hydrogens is 189 g/mol. The van der Waals surface area contributed by atoms with Gasteiger partial charge in [0.15, 0.2) is 0 Å². The molecular formula is C6H7F3N2S. The molecule has 0 saturated heterocycles. The highest BCUT2D eigenvalue weighted by atomic mass is 32.1. The van der Waals surface area contributed by atoms with Crippen LogP contribution in [0.1, 0.15) is 10.9 Å². The topological polar surface area (TPSA) is 52.0 Å². The molecule has 0 aromatic carbocycles. The Hall–Kier alpha value is -0.750. The second-order valence-corrected chi connectivity index (χ2v) is 3.21. The first-order valence-corrected chi connectivity index (χ1v) is 3.96. The quantitative estimate of drug-likeness (QED) is 0.720. The van der Waals surface area contributed by atoms with Crippen LogP contribution < -0.4 is 11.5 Å². The van der Waals surface area contributed by atoms with E-state index in [1.54, 1.807) is 0 Å². The van der Waals surface area contributed by atoms with Gasteiger partial charge in [-0.15, -0.1) is 11.3 Å². The van der Waals surface area contributed by atoms with Gasteiger partial charge >= 0.3 is 6.18 Å². The van der Waals surface area contributed by atoms with E-state index in [1.807, 2.05) is 0 Å². The van der Waals surface area contributed by atoms with E-state index < -0.39 is 12.2 Å². The maximum atomic E-state index is 12.0. The van der Waals surface area contributed by atoms with Crippen LogP contribution in [0.2, 0.25) is 0 Å². The molecule has 0 fully saturated rings. The Kier molecular flexibility index (Phi) is 2.29. The van der Waals surface area contributed by atoms with Crippen molar-refractivity contribution in [3.05, 3.63) is 16.3 Å². The van der Waals surface area contributed by atoms with E-state index in [1.165, 1.54) is 11.4 Å². The van der Waals surface area contributed by atoms with Gasteiger partial charge in [-0.2, -0.15) is 13.2 Å². The third-order valence-corrected chi connectivity index (χ3v) is 2.38. The smallest absolute Gasteiger partial charge is 0.398 e. The first kappa shape index (κ1) is 9.34. The summed E-state index contributed by atoms with van der Waals surface area (Å²) in [6.45, 7) is 0. The van der Waals surface area contributed by atoms with E-state index in [9.17, 15) is 13.2 Å². The molecule has 1 heterocycles. The summed E-state index contributed by atoms with van der Waals surface area (Å²) in [4.78, 5) is -0.0255. The van der Waals surface area contributed by atoms with Gasteiger partial charge in [-0.1, -0.05) is 0 Å². The maximum Gasteiger partial charge on any atom is 0.408 e. The van der Waals surface area contributed by atoms with Gasteiger partial charge in [-0.05, 0) is 11.4 Å². The molecule has 1 aromatic rings. The van der Waals surface area contributed by atoms with Crippen LogP contribution in [0.15, 0.2) is 11.4 Å². The van der Waals surface area contributed by atoms with Gasteiger partial charge in [-0.3, -0.25) is 0 Å². The monoisotopic (exact) mass is 196 g/mol. The zero-order valence-corrected chi connectivity index (χ0v) is 6.75. The van der Waals surface area contributed by atoms with Gasteiger partial charge in [-0.25, -0.2) is 0 Å². The number of rotatable bonds is 1. The maximum absolute atomic E-state index is 12.0. The molecule has 0 amide bonds. The van der Waals surface area contributed by atoms with Gasteiger partial charge in [0, 0.05) is 5.69 Å². The SMILES string of the molecule is Nc1ccsc1C(N)C(F)(F)F. The Bertz CT molecular complexity index is 268. The Morgan fingerprint density at radius 2 is 2.00 bits per heavy atom. The summed E-state index contributed by atoms with van der Waals surface area (Å²) in [5.74, 6) is 0. The van der Waals surface area contributed by atoms with Gasteiger partial charge in [0.2, 0.25) is 0 Å². The van der Waals surface area contributed by atoms with Gasteiger partial charge in [0.05, 0.1) is 4.88 Å². The number of alkyl halides is 3. The molecule has 0 aliphatic rings. The molecule has 1 atom stereocenters. The lowest BCUT2D eigenvalue weighted by atomic mass is 10.2. The fraction of sp³-hybridized carbons (Fsp3) is 0.333. The fourth-order valence-electron chi connectivity index (χ4n) is 0.732. The number of nitrogen functional groups attached to an aromatic ring is 1. The van der Waals surface area contributed by atoms with Crippen LogP contribution in [0.4, 0.5) is 18.9 Å².